The Morgan fingerprint density at radius 1 is 1.13 bits per heavy atom. The molecule has 0 atom stereocenters. The Balaban J connectivity index is 1.91. The molecule has 0 aliphatic carbocycles. The minimum Gasteiger partial charge on any atom is -0.408 e. The van der Waals surface area contributed by atoms with Gasteiger partial charge in [-0.25, -0.2) is 17.9 Å². The van der Waals surface area contributed by atoms with Crippen LogP contribution in [0.3, 0.4) is 0 Å². The molecule has 6 nitrogen and oxygen atoms in total. The van der Waals surface area contributed by atoms with Gasteiger partial charge in [-0.15, -0.1) is 0 Å². The maximum atomic E-state index is 12.4. The largest absolute Gasteiger partial charge is 0.417 e. The summed E-state index contributed by atoms with van der Waals surface area (Å²) in [7, 11) is -3.87. The molecule has 3 rings (SSSR count). The highest BCUT2D eigenvalue weighted by Gasteiger charge is 2.20. The van der Waals surface area contributed by atoms with Gasteiger partial charge in [0.15, 0.2) is 5.58 Å². The van der Waals surface area contributed by atoms with Gasteiger partial charge in [-0.1, -0.05) is 35.3 Å². The number of hydrogen-bond acceptors (Lipinski definition) is 4. The van der Waals surface area contributed by atoms with Gasteiger partial charge in [-0.2, -0.15) is 0 Å². The van der Waals surface area contributed by atoms with Crippen molar-refractivity contribution in [2.24, 2.45) is 0 Å². The Bertz CT molecular complexity index is 1020. The lowest BCUT2D eigenvalue weighted by atomic mass is 10.2. The summed E-state index contributed by atoms with van der Waals surface area (Å²) in [6.07, 6.45) is 0. The van der Waals surface area contributed by atoms with Crippen molar-refractivity contribution in [2.75, 3.05) is 0 Å². The lowest BCUT2D eigenvalue weighted by Gasteiger charge is -2.08. The minimum absolute atomic E-state index is 0.0156. The molecular formula is C14H10Cl2N2O4S. The van der Waals surface area contributed by atoms with E-state index in [2.05, 4.69) is 9.71 Å². The van der Waals surface area contributed by atoms with E-state index in [9.17, 15) is 13.2 Å². The fourth-order valence-electron chi connectivity index (χ4n) is 2.02. The van der Waals surface area contributed by atoms with Crippen LogP contribution in [0.2, 0.25) is 10.0 Å². The van der Waals surface area contributed by atoms with Gasteiger partial charge in [0, 0.05) is 17.6 Å². The highest BCUT2D eigenvalue weighted by Crippen LogP contribution is 2.26. The summed E-state index contributed by atoms with van der Waals surface area (Å²) in [5.41, 5.74) is 1.19. The van der Waals surface area contributed by atoms with Crippen LogP contribution < -0.4 is 10.5 Å². The SMILES string of the molecule is O=c1[nH]c2cc(Cl)c(S(=O)(=O)NCc3ccc(Cl)cc3)cc2o1. The Morgan fingerprint density at radius 3 is 2.52 bits per heavy atom. The Hall–Kier alpha value is -1.80. The second-order valence-corrected chi connectivity index (χ2v) is 7.32. The molecule has 3 aromatic rings. The molecule has 23 heavy (non-hydrogen) atoms. The number of oxazole rings is 1. The molecule has 9 heteroatoms. The van der Waals surface area contributed by atoms with Gasteiger partial charge in [0.2, 0.25) is 10.0 Å². The summed E-state index contributed by atoms with van der Waals surface area (Å²) in [6.45, 7) is 0.0744. The van der Waals surface area contributed by atoms with Crippen LogP contribution in [0, 0.1) is 0 Å². The first-order valence-electron chi connectivity index (χ1n) is 6.42. The summed E-state index contributed by atoms with van der Waals surface area (Å²) >= 11 is 11.8. The van der Waals surface area contributed by atoms with Crippen LogP contribution in [0.4, 0.5) is 0 Å². The average molecular weight is 373 g/mol. The Morgan fingerprint density at radius 2 is 1.83 bits per heavy atom. The second kappa shape index (κ2) is 6.01. The number of hydrogen-bond donors (Lipinski definition) is 2. The number of aromatic amines is 1. The zero-order chi connectivity index (χ0) is 16.6. The van der Waals surface area contributed by atoms with E-state index in [1.54, 1.807) is 24.3 Å². The van der Waals surface area contributed by atoms with Crippen LogP contribution in [-0.2, 0) is 16.6 Å². The molecule has 0 aliphatic heterocycles. The van der Waals surface area contributed by atoms with E-state index in [-0.39, 0.29) is 22.0 Å². The van der Waals surface area contributed by atoms with Crippen molar-refractivity contribution in [3.63, 3.8) is 0 Å². The smallest absolute Gasteiger partial charge is 0.408 e. The van der Waals surface area contributed by atoms with Crippen molar-refractivity contribution in [2.45, 2.75) is 11.4 Å². The summed E-state index contributed by atoms with van der Waals surface area (Å²) < 4.78 is 32.1. The van der Waals surface area contributed by atoms with Gasteiger partial charge in [0.1, 0.15) is 4.90 Å². The third-order valence-corrected chi connectivity index (χ3v) is 5.26. The quantitative estimate of drug-likeness (QED) is 0.736. The average Bonchev–Trinajstić information content (AvgIpc) is 2.85. The maximum Gasteiger partial charge on any atom is 0.417 e. The number of H-pyrrole nitrogens is 1. The molecule has 1 heterocycles. The van der Waals surface area contributed by atoms with E-state index in [0.717, 1.165) is 5.56 Å². The van der Waals surface area contributed by atoms with Crippen LogP contribution >= 0.6 is 23.2 Å². The number of nitrogens with one attached hydrogen (secondary N) is 2. The molecule has 0 saturated heterocycles. The predicted molar refractivity (Wildman–Crippen MR) is 87.3 cm³/mol. The lowest BCUT2D eigenvalue weighted by Crippen LogP contribution is -2.23. The van der Waals surface area contributed by atoms with E-state index in [0.29, 0.717) is 10.5 Å². The van der Waals surface area contributed by atoms with Crippen LogP contribution in [-0.4, -0.2) is 13.4 Å². The van der Waals surface area contributed by atoms with Crippen LogP contribution in [0.5, 0.6) is 0 Å². The van der Waals surface area contributed by atoms with Crippen LogP contribution in [0.25, 0.3) is 11.1 Å². The first-order chi connectivity index (χ1) is 10.8. The molecule has 0 spiro atoms. The Kier molecular flexibility index (Phi) is 4.20. The summed E-state index contributed by atoms with van der Waals surface area (Å²) in [4.78, 5) is 13.4. The van der Waals surface area contributed by atoms with Gasteiger partial charge in [0.25, 0.3) is 0 Å². The van der Waals surface area contributed by atoms with E-state index in [1.165, 1.54) is 12.1 Å². The first kappa shape index (κ1) is 16.1. The van der Waals surface area contributed by atoms with Crippen LogP contribution in [0.15, 0.2) is 50.5 Å². The van der Waals surface area contributed by atoms with Crippen molar-refractivity contribution >= 4 is 44.3 Å². The zero-order valence-electron chi connectivity index (χ0n) is 11.5. The van der Waals surface area contributed by atoms with Gasteiger partial charge >= 0.3 is 5.76 Å². The third kappa shape index (κ3) is 3.42. The number of sulfonamides is 1. The summed E-state index contributed by atoms with van der Waals surface area (Å²) in [5, 5.41) is 0.547. The lowest BCUT2D eigenvalue weighted by molar-refractivity contribution is 0.553. The van der Waals surface area contributed by atoms with Gasteiger partial charge < -0.3 is 4.42 Å². The normalized spacial score (nSPS) is 11.9. The van der Waals surface area contributed by atoms with E-state index >= 15 is 0 Å². The van der Waals surface area contributed by atoms with E-state index in [1.807, 2.05) is 0 Å². The molecule has 0 bridgehead atoms. The molecule has 0 radical (unpaired) electrons. The Labute approximate surface area is 141 Å². The summed E-state index contributed by atoms with van der Waals surface area (Å²) in [5.74, 6) is -0.681. The minimum atomic E-state index is -3.87. The standard InChI is InChI=1S/C14H10Cl2N2O4S/c15-9-3-1-8(2-4-9)7-17-23(20,21)13-6-12-11(5-10(13)16)18-14(19)22-12/h1-6,17H,7H2,(H,18,19). The number of aromatic nitrogens is 1. The van der Waals surface area contributed by atoms with Crippen molar-refractivity contribution in [3.05, 3.63) is 62.6 Å². The van der Waals surface area contributed by atoms with Gasteiger partial charge in [-0.3, -0.25) is 4.98 Å². The van der Waals surface area contributed by atoms with Crippen molar-refractivity contribution < 1.29 is 12.8 Å². The topological polar surface area (TPSA) is 92.2 Å². The fourth-order valence-corrected chi connectivity index (χ4v) is 3.70. The summed E-state index contributed by atoms with van der Waals surface area (Å²) in [6, 6.07) is 9.29. The molecule has 0 aliphatic rings. The molecular weight excluding hydrogens is 363 g/mol. The monoisotopic (exact) mass is 372 g/mol. The third-order valence-electron chi connectivity index (χ3n) is 3.14. The van der Waals surface area contributed by atoms with Crippen molar-refractivity contribution in [1.82, 2.24) is 9.71 Å². The second-order valence-electron chi connectivity index (χ2n) is 4.74. The highest BCUT2D eigenvalue weighted by atomic mass is 35.5. The van der Waals surface area contributed by atoms with Crippen LogP contribution in [0.1, 0.15) is 5.56 Å². The molecule has 1 aromatic heterocycles. The van der Waals surface area contributed by atoms with E-state index in [4.69, 9.17) is 27.6 Å². The van der Waals surface area contributed by atoms with Gasteiger partial charge in [-0.05, 0) is 23.8 Å². The molecule has 2 aromatic carbocycles. The number of benzene rings is 2. The predicted octanol–water partition coefficient (Wildman–Crippen LogP) is 2.91. The molecule has 0 fully saturated rings. The fraction of sp³-hybridized carbons (Fsp3) is 0.0714. The molecule has 0 saturated carbocycles. The number of halogens is 2. The first-order valence-corrected chi connectivity index (χ1v) is 8.65. The van der Waals surface area contributed by atoms with E-state index < -0.39 is 15.8 Å². The van der Waals surface area contributed by atoms with Gasteiger partial charge in [0.05, 0.1) is 10.5 Å². The van der Waals surface area contributed by atoms with Crippen molar-refractivity contribution in [1.29, 1.82) is 0 Å². The molecule has 0 amide bonds. The highest BCUT2D eigenvalue weighted by molar-refractivity contribution is 7.89. The molecule has 2 N–H and O–H groups in total. The zero-order valence-corrected chi connectivity index (χ0v) is 13.8. The number of rotatable bonds is 4. The maximum absolute atomic E-state index is 12.4. The van der Waals surface area contributed by atoms with Crippen molar-refractivity contribution in [3.8, 4) is 0 Å². The number of fused-ring (bicyclic) bond motifs is 1. The molecule has 0 unspecified atom stereocenters. The molecule has 120 valence electrons.